The molecule has 1 amide bonds. The number of halogens is 2. The van der Waals surface area contributed by atoms with E-state index in [0.29, 0.717) is 21.8 Å². The zero-order chi connectivity index (χ0) is 22.0. The van der Waals surface area contributed by atoms with E-state index in [1.807, 2.05) is 0 Å². The van der Waals surface area contributed by atoms with Crippen molar-refractivity contribution in [3.63, 3.8) is 0 Å². The summed E-state index contributed by atoms with van der Waals surface area (Å²) in [4.78, 5) is 35.8. The number of carbonyl (C=O) groups excluding carboxylic acids is 1. The summed E-state index contributed by atoms with van der Waals surface area (Å²) in [5.74, 6) is -2.30. The number of rotatable bonds is 6. The Morgan fingerprint density at radius 3 is 2.71 bits per heavy atom. The van der Waals surface area contributed by atoms with Gasteiger partial charge in [-0.15, -0.1) is 0 Å². The Morgan fingerprint density at radius 1 is 1.19 bits per heavy atom. The number of aromatic nitrogens is 6. The lowest BCUT2D eigenvalue weighted by Gasteiger charge is -2.16. The number of ether oxygens (including phenoxy) is 1. The summed E-state index contributed by atoms with van der Waals surface area (Å²) in [6.07, 6.45) is 2.30. The van der Waals surface area contributed by atoms with Gasteiger partial charge in [0, 0.05) is 0 Å². The third-order valence-electron chi connectivity index (χ3n) is 4.05. The predicted molar refractivity (Wildman–Crippen MR) is 108 cm³/mol. The maximum Gasteiger partial charge on any atom is 0.255 e. The number of anilines is 2. The second kappa shape index (κ2) is 8.47. The van der Waals surface area contributed by atoms with Crippen molar-refractivity contribution in [3.05, 3.63) is 54.0 Å². The Balaban J connectivity index is 1.69. The maximum absolute atomic E-state index is 13.6. The number of hydrogen-bond donors (Lipinski definition) is 3. The molecule has 1 aromatic carbocycles. The van der Waals surface area contributed by atoms with Gasteiger partial charge in [-0.05, 0) is 17.7 Å². The van der Waals surface area contributed by atoms with Crippen LogP contribution < -0.4 is 15.8 Å². The molecule has 0 aliphatic heterocycles. The number of nitrogens with two attached hydrogens (primary N) is 1. The molecule has 0 saturated carbocycles. The summed E-state index contributed by atoms with van der Waals surface area (Å²) in [6.45, 7) is 0. The van der Waals surface area contributed by atoms with Crippen LogP contribution >= 0.6 is 11.8 Å². The summed E-state index contributed by atoms with van der Waals surface area (Å²) < 4.78 is 31.8. The normalized spacial score (nSPS) is 12.0. The standard InChI is InChI=1S/C18H14F2N8O2S/c1-30-15-10(20)6-22-18(27-15)26-14(29)12(8-2-4-9(19)5-3-8)31-16-11-13(24-7-23-11)25-17(21)28-16/h2-7,12H,1H3,(H,22,26,27,29)(H3,21,23,24,25,28)/t12-/m0/s1. The minimum Gasteiger partial charge on any atom is -0.479 e. The van der Waals surface area contributed by atoms with Crippen LogP contribution in [0.25, 0.3) is 11.2 Å². The van der Waals surface area contributed by atoms with Gasteiger partial charge in [-0.1, -0.05) is 23.9 Å². The van der Waals surface area contributed by atoms with Gasteiger partial charge in [0.1, 0.15) is 21.6 Å². The van der Waals surface area contributed by atoms with Gasteiger partial charge >= 0.3 is 0 Å². The van der Waals surface area contributed by atoms with E-state index in [0.717, 1.165) is 18.0 Å². The van der Waals surface area contributed by atoms with Crippen molar-refractivity contribution in [2.75, 3.05) is 18.2 Å². The molecule has 3 aromatic heterocycles. The smallest absolute Gasteiger partial charge is 0.255 e. The molecule has 10 nitrogen and oxygen atoms in total. The molecule has 0 bridgehead atoms. The highest BCUT2D eigenvalue weighted by Crippen LogP contribution is 2.38. The lowest BCUT2D eigenvalue weighted by molar-refractivity contribution is -0.115. The fraction of sp³-hybridized carbons (Fsp3) is 0.111. The number of carbonyl (C=O) groups is 1. The molecule has 0 radical (unpaired) electrons. The summed E-state index contributed by atoms with van der Waals surface area (Å²) in [7, 11) is 1.24. The average molecular weight is 444 g/mol. The molecule has 3 heterocycles. The SMILES string of the molecule is COc1nc(NC(=O)[C@@H](Sc2nc(N)nc3nc[nH]c23)c2ccc(F)cc2)ncc1F. The average Bonchev–Trinajstić information content (AvgIpc) is 3.22. The molecule has 4 rings (SSSR count). The molecule has 0 fully saturated rings. The Morgan fingerprint density at radius 2 is 1.97 bits per heavy atom. The van der Waals surface area contributed by atoms with Crippen molar-refractivity contribution in [1.29, 1.82) is 0 Å². The topological polar surface area (TPSA) is 145 Å². The van der Waals surface area contributed by atoms with E-state index in [1.54, 1.807) is 0 Å². The summed E-state index contributed by atoms with van der Waals surface area (Å²) >= 11 is 1.04. The second-order valence-corrected chi connectivity index (χ2v) is 7.17. The number of benzene rings is 1. The van der Waals surface area contributed by atoms with Crippen LogP contribution in [0.15, 0.2) is 41.8 Å². The van der Waals surface area contributed by atoms with Crippen LogP contribution in [-0.2, 0) is 4.79 Å². The predicted octanol–water partition coefficient (Wildman–Crippen LogP) is 2.48. The van der Waals surface area contributed by atoms with Gasteiger partial charge in [-0.25, -0.2) is 19.3 Å². The lowest BCUT2D eigenvalue weighted by Crippen LogP contribution is -2.21. The third-order valence-corrected chi connectivity index (χ3v) is 5.29. The zero-order valence-corrected chi connectivity index (χ0v) is 16.7. The van der Waals surface area contributed by atoms with E-state index < -0.39 is 22.8 Å². The Bertz CT molecular complexity index is 1250. The summed E-state index contributed by atoms with van der Waals surface area (Å²) in [5.41, 5.74) is 7.05. The fourth-order valence-electron chi connectivity index (χ4n) is 2.66. The van der Waals surface area contributed by atoms with Crippen molar-refractivity contribution in [2.24, 2.45) is 0 Å². The Hall–Kier alpha value is -3.87. The molecule has 0 unspecified atom stereocenters. The van der Waals surface area contributed by atoms with Gasteiger partial charge < -0.3 is 15.5 Å². The highest BCUT2D eigenvalue weighted by atomic mass is 32.2. The third kappa shape index (κ3) is 4.35. The number of H-pyrrole nitrogens is 1. The number of methoxy groups -OCH3 is 1. The van der Waals surface area contributed by atoms with E-state index in [9.17, 15) is 13.6 Å². The molecule has 13 heteroatoms. The molecule has 0 spiro atoms. The van der Waals surface area contributed by atoms with Gasteiger partial charge in [0.05, 0.1) is 19.6 Å². The van der Waals surface area contributed by atoms with Crippen molar-refractivity contribution in [3.8, 4) is 5.88 Å². The number of aromatic amines is 1. The van der Waals surface area contributed by atoms with Crippen LogP contribution in [0.5, 0.6) is 5.88 Å². The lowest BCUT2D eigenvalue weighted by atomic mass is 10.1. The molecule has 4 N–H and O–H groups in total. The number of fused-ring (bicyclic) bond motifs is 1. The van der Waals surface area contributed by atoms with Gasteiger partial charge in [0.2, 0.25) is 23.6 Å². The quantitative estimate of drug-likeness (QED) is 0.302. The fourth-order valence-corrected chi connectivity index (χ4v) is 3.76. The first-order valence-electron chi connectivity index (χ1n) is 8.70. The molecule has 1 atom stereocenters. The largest absolute Gasteiger partial charge is 0.479 e. The highest BCUT2D eigenvalue weighted by Gasteiger charge is 2.26. The van der Waals surface area contributed by atoms with Crippen molar-refractivity contribution >= 4 is 40.7 Å². The van der Waals surface area contributed by atoms with Crippen molar-refractivity contribution in [2.45, 2.75) is 10.3 Å². The monoisotopic (exact) mass is 444 g/mol. The van der Waals surface area contributed by atoms with Crippen LogP contribution in [0.4, 0.5) is 20.7 Å². The number of nitrogen functional groups attached to an aromatic ring is 1. The van der Waals surface area contributed by atoms with Crippen molar-refractivity contribution < 1.29 is 18.3 Å². The number of nitrogens with zero attached hydrogens (tertiary/aromatic N) is 5. The highest BCUT2D eigenvalue weighted by molar-refractivity contribution is 8.00. The molecule has 0 saturated heterocycles. The first-order valence-corrected chi connectivity index (χ1v) is 9.58. The number of thioether (sulfide) groups is 1. The van der Waals surface area contributed by atoms with Crippen LogP contribution in [-0.4, -0.2) is 42.9 Å². The van der Waals surface area contributed by atoms with E-state index in [-0.39, 0.29) is 17.8 Å². The molecule has 4 aromatic rings. The number of hydrogen-bond acceptors (Lipinski definition) is 9. The van der Waals surface area contributed by atoms with Gasteiger partial charge in [-0.2, -0.15) is 14.4 Å². The minimum atomic E-state index is -0.916. The maximum atomic E-state index is 13.6. The van der Waals surface area contributed by atoms with E-state index in [1.165, 1.54) is 37.7 Å². The van der Waals surface area contributed by atoms with Crippen LogP contribution in [0.2, 0.25) is 0 Å². The van der Waals surface area contributed by atoms with E-state index in [2.05, 4.69) is 35.2 Å². The van der Waals surface area contributed by atoms with Gasteiger partial charge in [0.25, 0.3) is 5.88 Å². The molecule has 158 valence electrons. The summed E-state index contributed by atoms with van der Waals surface area (Å²) in [5, 5.41) is 1.96. The van der Waals surface area contributed by atoms with Crippen LogP contribution in [0.3, 0.4) is 0 Å². The number of amides is 1. The second-order valence-electron chi connectivity index (χ2n) is 6.08. The Labute approximate surface area is 177 Å². The number of nitrogens with one attached hydrogen (secondary N) is 2. The Kier molecular flexibility index (Phi) is 5.58. The first kappa shape index (κ1) is 20.4. The van der Waals surface area contributed by atoms with Gasteiger partial charge in [0.15, 0.2) is 5.65 Å². The van der Waals surface area contributed by atoms with Crippen LogP contribution in [0, 0.1) is 11.6 Å². The molecule has 0 aliphatic carbocycles. The number of imidazole rings is 1. The molecular formula is C18H14F2N8O2S. The van der Waals surface area contributed by atoms with Gasteiger partial charge in [-0.3, -0.25) is 10.1 Å². The molecule has 31 heavy (non-hydrogen) atoms. The molecule has 0 aliphatic rings. The van der Waals surface area contributed by atoms with E-state index in [4.69, 9.17) is 10.5 Å². The van der Waals surface area contributed by atoms with E-state index >= 15 is 0 Å². The summed E-state index contributed by atoms with van der Waals surface area (Å²) in [6, 6.07) is 5.39. The van der Waals surface area contributed by atoms with Crippen LogP contribution in [0.1, 0.15) is 10.8 Å². The first-order chi connectivity index (χ1) is 14.9. The zero-order valence-electron chi connectivity index (χ0n) is 15.8. The van der Waals surface area contributed by atoms with Crippen molar-refractivity contribution in [1.82, 2.24) is 29.9 Å². The minimum absolute atomic E-state index is 0.0213. The molecular weight excluding hydrogens is 430 g/mol.